The molecule has 4 heterocycles. The molecular formula is C20H27N5O. The molecule has 1 N–H and O–H groups in total. The Morgan fingerprint density at radius 3 is 2.69 bits per heavy atom. The number of aryl methyl sites for hydroxylation is 2. The van der Waals surface area contributed by atoms with Crippen LogP contribution in [0.2, 0.25) is 0 Å². The first kappa shape index (κ1) is 17.2. The molecule has 2 aliphatic rings. The molecule has 6 heteroatoms. The Morgan fingerprint density at radius 2 is 2.00 bits per heavy atom. The summed E-state index contributed by atoms with van der Waals surface area (Å²) >= 11 is 0. The van der Waals surface area contributed by atoms with Crippen LogP contribution in [0.3, 0.4) is 0 Å². The minimum atomic E-state index is 0.154. The Hall–Kier alpha value is -2.21. The van der Waals surface area contributed by atoms with Crippen molar-refractivity contribution in [2.75, 3.05) is 19.6 Å². The molecule has 6 nitrogen and oxygen atoms in total. The number of likely N-dealkylation sites (tertiary alicyclic amines) is 2. The number of H-pyrrole nitrogens is 1. The molecule has 0 aliphatic carbocycles. The lowest BCUT2D eigenvalue weighted by atomic mass is 9.77. The molecule has 0 saturated carbocycles. The lowest BCUT2D eigenvalue weighted by molar-refractivity contribution is -0.128. The van der Waals surface area contributed by atoms with Crippen LogP contribution in [0.4, 0.5) is 0 Å². The number of nitrogens with zero attached hydrogens (tertiary/aromatic N) is 4. The summed E-state index contributed by atoms with van der Waals surface area (Å²) in [7, 11) is 0. The summed E-state index contributed by atoms with van der Waals surface area (Å²) in [6, 6.07) is 6.03. The summed E-state index contributed by atoms with van der Waals surface area (Å²) in [5.74, 6) is 1.25. The molecule has 0 bridgehead atoms. The van der Waals surface area contributed by atoms with Gasteiger partial charge in [0, 0.05) is 37.1 Å². The molecule has 0 unspecified atom stereocenters. The lowest BCUT2D eigenvalue weighted by Gasteiger charge is -2.38. The van der Waals surface area contributed by atoms with E-state index in [0.717, 1.165) is 56.2 Å². The van der Waals surface area contributed by atoms with Gasteiger partial charge in [0.05, 0.1) is 12.2 Å². The predicted octanol–water partition coefficient (Wildman–Crippen LogP) is 2.44. The van der Waals surface area contributed by atoms with Crippen LogP contribution < -0.4 is 0 Å². The van der Waals surface area contributed by atoms with Crippen LogP contribution in [-0.2, 0) is 17.9 Å². The van der Waals surface area contributed by atoms with Crippen LogP contribution in [0.15, 0.2) is 24.4 Å². The lowest BCUT2D eigenvalue weighted by Crippen LogP contribution is -2.41. The van der Waals surface area contributed by atoms with Crippen molar-refractivity contribution in [1.82, 2.24) is 24.8 Å². The molecule has 0 radical (unpaired) electrons. The normalized spacial score (nSPS) is 20.2. The second kappa shape index (κ2) is 6.83. The zero-order chi connectivity index (χ0) is 18.1. The minimum absolute atomic E-state index is 0.154. The summed E-state index contributed by atoms with van der Waals surface area (Å²) in [5, 5.41) is 0. The van der Waals surface area contributed by atoms with Gasteiger partial charge in [-0.2, -0.15) is 0 Å². The van der Waals surface area contributed by atoms with Gasteiger partial charge in [-0.15, -0.1) is 0 Å². The Labute approximate surface area is 154 Å². The van der Waals surface area contributed by atoms with Crippen LogP contribution in [-0.4, -0.2) is 50.3 Å². The molecule has 1 spiro atoms. The van der Waals surface area contributed by atoms with Gasteiger partial charge in [0.2, 0.25) is 5.91 Å². The maximum atomic E-state index is 12.6. The van der Waals surface area contributed by atoms with Gasteiger partial charge >= 0.3 is 0 Å². The second-order valence-corrected chi connectivity index (χ2v) is 7.97. The summed E-state index contributed by atoms with van der Waals surface area (Å²) in [6.45, 7) is 8.49. The van der Waals surface area contributed by atoms with Crippen molar-refractivity contribution in [3.63, 3.8) is 0 Å². The highest BCUT2D eigenvalue weighted by Gasteiger charge is 2.44. The SMILES string of the molecule is Cc1cccc(CN2CC3(CCN(Cc4cnc(C)[nH]4)CC3)CC2=O)n1. The fourth-order valence-corrected chi connectivity index (χ4v) is 4.32. The third-order valence-corrected chi connectivity index (χ3v) is 5.77. The molecule has 2 saturated heterocycles. The highest BCUT2D eigenvalue weighted by molar-refractivity contribution is 5.79. The molecule has 0 atom stereocenters. The van der Waals surface area contributed by atoms with Crippen LogP contribution in [0.25, 0.3) is 0 Å². The van der Waals surface area contributed by atoms with Crippen LogP contribution in [0.5, 0.6) is 0 Å². The van der Waals surface area contributed by atoms with Crippen LogP contribution >= 0.6 is 0 Å². The molecule has 2 fully saturated rings. The number of nitrogens with one attached hydrogen (secondary N) is 1. The molecule has 0 aromatic carbocycles. The summed E-state index contributed by atoms with van der Waals surface area (Å²) < 4.78 is 0. The monoisotopic (exact) mass is 353 g/mol. The number of carbonyl (C=O) groups is 1. The maximum Gasteiger partial charge on any atom is 0.223 e. The van der Waals surface area contributed by atoms with Crippen molar-refractivity contribution in [3.05, 3.63) is 47.3 Å². The molecule has 1 amide bonds. The fraction of sp³-hybridized carbons (Fsp3) is 0.550. The predicted molar refractivity (Wildman–Crippen MR) is 99.3 cm³/mol. The highest BCUT2D eigenvalue weighted by Crippen LogP contribution is 2.41. The average Bonchev–Trinajstić information content (AvgIpc) is 3.14. The topological polar surface area (TPSA) is 65.1 Å². The van der Waals surface area contributed by atoms with E-state index in [1.165, 1.54) is 5.69 Å². The zero-order valence-corrected chi connectivity index (χ0v) is 15.7. The second-order valence-electron chi connectivity index (χ2n) is 7.97. The Morgan fingerprint density at radius 1 is 1.19 bits per heavy atom. The van der Waals surface area contributed by atoms with Gasteiger partial charge in [-0.25, -0.2) is 4.98 Å². The van der Waals surface area contributed by atoms with E-state index in [2.05, 4.69) is 19.9 Å². The molecule has 4 rings (SSSR count). The third-order valence-electron chi connectivity index (χ3n) is 5.77. The van der Waals surface area contributed by atoms with E-state index in [-0.39, 0.29) is 11.3 Å². The molecule has 2 aliphatic heterocycles. The average molecular weight is 353 g/mol. The quantitative estimate of drug-likeness (QED) is 0.917. The van der Waals surface area contributed by atoms with Crippen molar-refractivity contribution in [2.45, 2.75) is 46.2 Å². The van der Waals surface area contributed by atoms with Crippen molar-refractivity contribution in [1.29, 1.82) is 0 Å². The fourth-order valence-electron chi connectivity index (χ4n) is 4.32. The van der Waals surface area contributed by atoms with E-state index in [0.29, 0.717) is 13.0 Å². The summed E-state index contributed by atoms with van der Waals surface area (Å²) in [5.41, 5.74) is 3.32. The number of aromatic amines is 1. The Balaban J connectivity index is 1.35. The van der Waals surface area contributed by atoms with Gasteiger partial charge in [0.25, 0.3) is 0 Å². The zero-order valence-electron chi connectivity index (χ0n) is 15.7. The molecule has 2 aromatic rings. The first-order chi connectivity index (χ1) is 12.5. The van der Waals surface area contributed by atoms with Crippen LogP contribution in [0.1, 0.15) is 42.2 Å². The van der Waals surface area contributed by atoms with Gasteiger partial charge in [0.1, 0.15) is 5.82 Å². The van der Waals surface area contributed by atoms with Crippen LogP contribution in [0, 0.1) is 19.3 Å². The number of amides is 1. The molecule has 138 valence electrons. The Kier molecular flexibility index (Phi) is 4.53. The van der Waals surface area contributed by atoms with E-state index >= 15 is 0 Å². The number of aromatic nitrogens is 3. The molecule has 2 aromatic heterocycles. The van der Waals surface area contributed by atoms with Crippen molar-refractivity contribution in [3.8, 4) is 0 Å². The highest BCUT2D eigenvalue weighted by atomic mass is 16.2. The van der Waals surface area contributed by atoms with Gasteiger partial charge in [-0.3, -0.25) is 14.7 Å². The van der Waals surface area contributed by atoms with Gasteiger partial charge in [-0.05, 0) is 57.3 Å². The van der Waals surface area contributed by atoms with Gasteiger partial charge in [0.15, 0.2) is 0 Å². The largest absolute Gasteiger partial charge is 0.345 e. The van der Waals surface area contributed by atoms with Gasteiger partial charge < -0.3 is 9.88 Å². The Bertz CT molecular complexity index is 791. The number of rotatable bonds is 4. The molecule has 26 heavy (non-hydrogen) atoms. The number of imidazole rings is 1. The maximum absolute atomic E-state index is 12.6. The standard InChI is InChI=1S/C20H27N5O/c1-15-4-3-5-17(22-15)13-25-14-20(10-19(25)26)6-8-24(9-7-20)12-18-11-21-16(2)23-18/h3-5,11H,6-10,12-14H2,1-2H3,(H,21,23). The smallest absolute Gasteiger partial charge is 0.223 e. The number of pyridine rings is 1. The van der Waals surface area contributed by atoms with E-state index in [4.69, 9.17) is 0 Å². The van der Waals surface area contributed by atoms with Crippen molar-refractivity contribution in [2.24, 2.45) is 5.41 Å². The van der Waals surface area contributed by atoms with E-state index in [9.17, 15) is 4.79 Å². The number of piperidine rings is 1. The number of carbonyl (C=O) groups excluding carboxylic acids is 1. The minimum Gasteiger partial charge on any atom is -0.345 e. The van der Waals surface area contributed by atoms with E-state index in [1.807, 2.05) is 43.1 Å². The third kappa shape index (κ3) is 3.65. The van der Waals surface area contributed by atoms with E-state index < -0.39 is 0 Å². The van der Waals surface area contributed by atoms with Crippen molar-refractivity contribution < 1.29 is 4.79 Å². The summed E-state index contributed by atoms with van der Waals surface area (Å²) in [4.78, 5) is 29.2. The molecular weight excluding hydrogens is 326 g/mol. The summed E-state index contributed by atoms with van der Waals surface area (Å²) in [6.07, 6.45) is 4.79. The van der Waals surface area contributed by atoms with E-state index in [1.54, 1.807) is 0 Å². The van der Waals surface area contributed by atoms with Crippen molar-refractivity contribution >= 4 is 5.91 Å². The first-order valence-electron chi connectivity index (χ1n) is 9.45. The first-order valence-corrected chi connectivity index (χ1v) is 9.45. The number of hydrogen-bond donors (Lipinski definition) is 1. The number of hydrogen-bond acceptors (Lipinski definition) is 4. The van der Waals surface area contributed by atoms with Gasteiger partial charge in [-0.1, -0.05) is 6.07 Å².